The van der Waals surface area contributed by atoms with Gasteiger partial charge in [-0.25, -0.2) is 18.6 Å². The number of carboxylic acid groups (broad SMARTS) is 1. The summed E-state index contributed by atoms with van der Waals surface area (Å²) in [4.78, 5) is 31.3. The fraction of sp³-hybridized carbons (Fsp3) is 0.300. The molecular formula is C30H28F5IN4O4. The van der Waals surface area contributed by atoms with Gasteiger partial charge in [0.15, 0.2) is 11.4 Å². The third-order valence-corrected chi connectivity index (χ3v) is 8.38. The molecule has 2 amide bonds. The number of pyridine rings is 1. The lowest BCUT2D eigenvalue weighted by Gasteiger charge is -2.43. The van der Waals surface area contributed by atoms with Crippen LogP contribution >= 0.6 is 22.6 Å². The summed E-state index contributed by atoms with van der Waals surface area (Å²) in [5.41, 5.74) is -0.988. The summed E-state index contributed by atoms with van der Waals surface area (Å²) in [7, 11) is 0. The zero-order valence-corrected chi connectivity index (χ0v) is 25.7. The Morgan fingerprint density at radius 3 is 2.32 bits per heavy atom. The van der Waals surface area contributed by atoms with Crippen LogP contribution in [0.25, 0.3) is 5.65 Å². The number of fused-ring (bicyclic) bond motifs is 1. The molecule has 8 nitrogen and oxygen atoms in total. The second kappa shape index (κ2) is 13.4. The van der Waals surface area contributed by atoms with Crippen molar-refractivity contribution >= 4 is 40.2 Å². The molecule has 2 heterocycles. The molecule has 0 bridgehead atoms. The molecule has 0 aliphatic carbocycles. The standard InChI is InChI=1S/C30H28F5IN4O4/c1-18-24(39-15-7-12-23(26(39)38-18)44-16-20-21(31)10-6-11-22(20)32)27(41)37-17-29(2,13-14-30(33,34)35)40(28(42)43)25(36)19-8-4-3-5-9-19/h3-12,15,25H,13-14,16-17H2,1-2H3,(H,37,41)(H,42,43). The number of rotatable bonds is 11. The van der Waals surface area contributed by atoms with E-state index in [0.29, 0.717) is 5.56 Å². The van der Waals surface area contributed by atoms with Crippen LogP contribution in [0, 0.1) is 18.6 Å². The highest BCUT2D eigenvalue weighted by Crippen LogP contribution is 2.38. The Kier molecular flexibility index (Phi) is 10.0. The minimum Gasteiger partial charge on any atom is -0.485 e. The Hall–Kier alpha value is -3.95. The van der Waals surface area contributed by atoms with Crippen molar-refractivity contribution in [3.8, 4) is 5.75 Å². The molecule has 2 aromatic carbocycles. The van der Waals surface area contributed by atoms with E-state index in [2.05, 4.69) is 10.3 Å². The maximum Gasteiger partial charge on any atom is 0.408 e. The van der Waals surface area contributed by atoms with Crippen molar-refractivity contribution in [3.63, 3.8) is 0 Å². The summed E-state index contributed by atoms with van der Waals surface area (Å²) < 4.78 is 74.4. The van der Waals surface area contributed by atoms with Gasteiger partial charge in [-0.15, -0.1) is 0 Å². The molecule has 14 heteroatoms. The van der Waals surface area contributed by atoms with Crippen LogP contribution in [0.2, 0.25) is 0 Å². The first-order chi connectivity index (χ1) is 20.7. The van der Waals surface area contributed by atoms with Gasteiger partial charge in [-0.05, 0) is 50.1 Å². The van der Waals surface area contributed by atoms with E-state index in [1.807, 2.05) is 22.6 Å². The van der Waals surface area contributed by atoms with Crippen LogP contribution in [0.3, 0.4) is 0 Å². The fourth-order valence-corrected chi connectivity index (χ4v) is 6.11. The molecule has 0 fully saturated rings. The van der Waals surface area contributed by atoms with Crippen molar-refractivity contribution in [1.82, 2.24) is 19.6 Å². The van der Waals surface area contributed by atoms with Crippen molar-refractivity contribution in [3.05, 3.63) is 101 Å². The Balaban J connectivity index is 1.61. The summed E-state index contributed by atoms with van der Waals surface area (Å²) in [6, 6.07) is 14.9. The Morgan fingerprint density at radius 1 is 1.05 bits per heavy atom. The number of carbonyl (C=O) groups excluding carboxylic acids is 1. The predicted molar refractivity (Wildman–Crippen MR) is 160 cm³/mol. The van der Waals surface area contributed by atoms with Gasteiger partial charge in [0.2, 0.25) is 0 Å². The number of hydrogen-bond acceptors (Lipinski definition) is 4. The van der Waals surface area contributed by atoms with Crippen LogP contribution in [0.1, 0.15) is 51.1 Å². The zero-order chi connectivity index (χ0) is 32.2. The molecule has 0 saturated carbocycles. The van der Waals surface area contributed by atoms with E-state index < -0.39 is 65.4 Å². The second-order valence-corrected chi connectivity index (χ2v) is 11.5. The Labute approximate surface area is 263 Å². The molecule has 2 N–H and O–H groups in total. The van der Waals surface area contributed by atoms with Crippen LogP contribution in [-0.2, 0) is 6.61 Å². The van der Waals surface area contributed by atoms with Gasteiger partial charge in [0.05, 0.1) is 16.8 Å². The normalized spacial score (nSPS) is 13.7. The first-order valence-corrected chi connectivity index (χ1v) is 14.6. The van der Waals surface area contributed by atoms with Crippen LogP contribution in [0.5, 0.6) is 5.75 Å². The summed E-state index contributed by atoms with van der Waals surface area (Å²) >= 11 is 1.85. The topological polar surface area (TPSA) is 96.2 Å². The van der Waals surface area contributed by atoms with Crippen molar-refractivity contribution in [2.45, 2.75) is 49.1 Å². The van der Waals surface area contributed by atoms with E-state index in [1.54, 1.807) is 30.3 Å². The maximum absolute atomic E-state index is 14.1. The van der Waals surface area contributed by atoms with Crippen LogP contribution < -0.4 is 10.1 Å². The van der Waals surface area contributed by atoms with E-state index in [9.17, 15) is 36.6 Å². The smallest absolute Gasteiger partial charge is 0.408 e. The van der Waals surface area contributed by atoms with Gasteiger partial charge in [0.25, 0.3) is 5.91 Å². The average molecular weight is 730 g/mol. The minimum absolute atomic E-state index is 0.0247. The van der Waals surface area contributed by atoms with Crippen LogP contribution in [0.4, 0.5) is 26.7 Å². The molecule has 44 heavy (non-hydrogen) atoms. The van der Waals surface area contributed by atoms with Crippen molar-refractivity contribution in [2.24, 2.45) is 0 Å². The molecule has 0 aliphatic rings. The minimum atomic E-state index is -4.57. The second-order valence-electron chi connectivity index (χ2n) is 10.3. The first-order valence-electron chi connectivity index (χ1n) is 13.3. The number of ether oxygens (including phenoxy) is 1. The molecule has 0 aliphatic heterocycles. The molecular weight excluding hydrogens is 702 g/mol. The highest BCUT2D eigenvalue weighted by Gasteiger charge is 2.43. The van der Waals surface area contributed by atoms with Gasteiger partial charge in [0.1, 0.15) is 28.0 Å². The number of aryl methyl sites for hydroxylation is 1. The SMILES string of the molecule is Cc1nc2c(OCc3c(F)cccc3F)cccn2c1C(=O)NCC(C)(CCC(F)(F)F)N(C(=O)O)C(I)c1ccccc1. The molecule has 2 aromatic heterocycles. The molecule has 2 unspecified atom stereocenters. The largest absolute Gasteiger partial charge is 0.485 e. The van der Waals surface area contributed by atoms with E-state index in [4.69, 9.17) is 4.74 Å². The molecule has 4 rings (SSSR count). The van der Waals surface area contributed by atoms with Crippen molar-refractivity contribution in [2.75, 3.05) is 6.54 Å². The third kappa shape index (κ3) is 7.39. The number of hydrogen-bond donors (Lipinski definition) is 2. The predicted octanol–water partition coefficient (Wildman–Crippen LogP) is 7.44. The number of nitrogens with zero attached hydrogens (tertiary/aromatic N) is 3. The van der Waals surface area contributed by atoms with Crippen LogP contribution in [-0.4, -0.2) is 49.7 Å². The van der Waals surface area contributed by atoms with E-state index >= 15 is 0 Å². The molecule has 234 valence electrons. The van der Waals surface area contributed by atoms with Gasteiger partial charge >= 0.3 is 12.3 Å². The van der Waals surface area contributed by atoms with Gasteiger partial charge in [-0.3, -0.25) is 14.1 Å². The number of alkyl halides is 4. The lowest BCUT2D eigenvalue weighted by molar-refractivity contribution is -0.141. The summed E-state index contributed by atoms with van der Waals surface area (Å²) in [6.45, 7) is 1.99. The summed E-state index contributed by atoms with van der Waals surface area (Å²) in [5.74, 6) is -2.18. The number of carbonyl (C=O) groups is 2. The highest BCUT2D eigenvalue weighted by atomic mass is 127. The Morgan fingerprint density at radius 2 is 1.70 bits per heavy atom. The van der Waals surface area contributed by atoms with Gasteiger partial charge in [-0.2, -0.15) is 13.2 Å². The number of amides is 2. The first kappa shape index (κ1) is 33.0. The zero-order valence-electron chi connectivity index (χ0n) is 23.5. The Bertz CT molecular complexity index is 1630. The van der Waals surface area contributed by atoms with Crippen LogP contribution in [0.15, 0.2) is 66.9 Å². The van der Waals surface area contributed by atoms with Gasteiger partial charge in [-0.1, -0.05) is 59.0 Å². The molecule has 0 spiro atoms. The lowest BCUT2D eigenvalue weighted by Crippen LogP contribution is -2.56. The lowest BCUT2D eigenvalue weighted by atomic mass is 9.92. The average Bonchev–Trinajstić information content (AvgIpc) is 3.31. The molecule has 0 saturated heterocycles. The monoisotopic (exact) mass is 730 g/mol. The quantitative estimate of drug-likeness (QED) is 0.0724. The van der Waals surface area contributed by atoms with Crippen molar-refractivity contribution < 1.29 is 41.4 Å². The molecule has 4 aromatic rings. The molecule has 2 atom stereocenters. The van der Waals surface area contributed by atoms with Crippen molar-refractivity contribution in [1.29, 1.82) is 0 Å². The third-order valence-electron chi connectivity index (χ3n) is 7.10. The summed E-state index contributed by atoms with van der Waals surface area (Å²) in [5, 5.41) is 12.8. The summed E-state index contributed by atoms with van der Waals surface area (Å²) in [6.07, 6.45) is -6.41. The van der Waals surface area contributed by atoms with Gasteiger partial charge < -0.3 is 15.2 Å². The van der Waals surface area contributed by atoms with E-state index in [-0.39, 0.29) is 28.3 Å². The van der Waals surface area contributed by atoms with Gasteiger partial charge in [0, 0.05) is 19.2 Å². The number of halogens is 6. The number of imidazole rings is 1. The maximum atomic E-state index is 14.1. The highest BCUT2D eigenvalue weighted by molar-refractivity contribution is 14.1. The number of aromatic nitrogens is 2. The van der Waals surface area contributed by atoms with E-state index in [1.165, 1.54) is 42.6 Å². The van der Waals surface area contributed by atoms with E-state index in [0.717, 1.165) is 17.0 Å². The molecule has 0 radical (unpaired) electrons. The number of benzene rings is 2. The fourth-order valence-electron chi connectivity index (χ4n) is 4.78. The number of nitrogens with one attached hydrogen (secondary N) is 1.